The molecule has 164 valence electrons. The van der Waals surface area contributed by atoms with Crippen LogP contribution >= 0.6 is 11.6 Å². The van der Waals surface area contributed by atoms with Crippen molar-refractivity contribution in [3.63, 3.8) is 0 Å². The third kappa shape index (κ3) is 4.42. The first-order valence-electron chi connectivity index (χ1n) is 10.2. The third-order valence-electron chi connectivity index (χ3n) is 5.08. The van der Waals surface area contributed by atoms with Crippen LogP contribution in [0, 0.1) is 6.92 Å². The van der Waals surface area contributed by atoms with Crippen molar-refractivity contribution in [3.8, 4) is 11.5 Å². The Morgan fingerprint density at radius 1 is 1.09 bits per heavy atom. The molecular formula is C24H19ClN6O2. The van der Waals surface area contributed by atoms with Gasteiger partial charge in [-0.15, -0.1) is 0 Å². The predicted molar refractivity (Wildman–Crippen MR) is 127 cm³/mol. The van der Waals surface area contributed by atoms with Gasteiger partial charge < -0.3 is 10.1 Å². The summed E-state index contributed by atoms with van der Waals surface area (Å²) in [6.07, 6.45) is 3.77. The molecular weight excluding hydrogens is 440 g/mol. The Hall–Kier alpha value is -4.17. The number of pyridine rings is 1. The van der Waals surface area contributed by atoms with Gasteiger partial charge >= 0.3 is 0 Å². The molecule has 0 spiro atoms. The maximum absolute atomic E-state index is 13.2. The van der Waals surface area contributed by atoms with Crippen LogP contribution in [0.1, 0.15) is 16.8 Å². The van der Waals surface area contributed by atoms with Gasteiger partial charge in [-0.2, -0.15) is 9.50 Å². The van der Waals surface area contributed by atoms with Crippen molar-refractivity contribution in [2.45, 2.75) is 13.3 Å². The number of rotatable bonds is 6. The smallest absolute Gasteiger partial charge is 0.277 e. The van der Waals surface area contributed by atoms with Crippen LogP contribution in [0.2, 0.25) is 5.02 Å². The molecule has 5 aromatic rings. The van der Waals surface area contributed by atoms with Crippen molar-refractivity contribution < 1.29 is 4.74 Å². The van der Waals surface area contributed by atoms with E-state index in [0.717, 1.165) is 5.56 Å². The van der Waals surface area contributed by atoms with Gasteiger partial charge in [-0.3, -0.25) is 14.9 Å². The summed E-state index contributed by atoms with van der Waals surface area (Å²) in [7, 11) is 0. The van der Waals surface area contributed by atoms with E-state index in [9.17, 15) is 4.79 Å². The van der Waals surface area contributed by atoms with Crippen LogP contribution < -0.4 is 15.6 Å². The SMILES string of the molecule is Cc1nc2nc(Nc3cc(Cl)ccc3Oc3cccnc3)[nH]n2c(=O)c1Cc1ccccc1. The highest BCUT2D eigenvalue weighted by atomic mass is 35.5. The van der Waals surface area contributed by atoms with Gasteiger partial charge in [-0.1, -0.05) is 41.9 Å². The third-order valence-corrected chi connectivity index (χ3v) is 5.31. The van der Waals surface area contributed by atoms with Crippen LogP contribution in [0.4, 0.5) is 11.6 Å². The second-order valence-electron chi connectivity index (χ2n) is 7.41. The molecule has 5 rings (SSSR count). The van der Waals surface area contributed by atoms with E-state index in [1.54, 1.807) is 42.7 Å². The lowest BCUT2D eigenvalue weighted by Gasteiger charge is -2.11. The maximum Gasteiger partial charge on any atom is 0.277 e. The average Bonchev–Trinajstić information content (AvgIpc) is 3.22. The number of benzene rings is 2. The first-order chi connectivity index (χ1) is 16.1. The number of halogens is 1. The molecule has 33 heavy (non-hydrogen) atoms. The zero-order valence-corrected chi connectivity index (χ0v) is 18.4. The fraction of sp³-hybridized carbons (Fsp3) is 0.0833. The highest BCUT2D eigenvalue weighted by molar-refractivity contribution is 6.31. The van der Waals surface area contributed by atoms with Crippen molar-refractivity contribution >= 4 is 29.0 Å². The zero-order chi connectivity index (χ0) is 22.8. The van der Waals surface area contributed by atoms with Gasteiger partial charge in [-0.05, 0) is 42.8 Å². The molecule has 0 amide bonds. The Balaban J connectivity index is 1.49. The van der Waals surface area contributed by atoms with Crippen LogP contribution in [0.5, 0.6) is 11.5 Å². The molecule has 2 aromatic carbocycles. The van der Waals surface area contributed by atoms with Gasteiger partial charge in [0.25, 0.3) is 11.3 Å². The minimum atomic E-state index is -0.195. The van der Waals surface area contributed by atoms with E-state index in [2.05, 4.69) is 25.4 Å². The van der Waals surface area contributed by atoms with Gasteiger partial charge in [0.15, 0.2) is 5.75 Å². The normalized spacial score (nSPS) is 11.0. The first-order valence-corrected chi connectivity index (χ1v) is 10.6. The molecule has 0 radical (unpaired) electrons. The van der Waals surface area contributed by atoms with Crippen LogP contribution in [-0.2, 0) is 6.42 Å². The Labute approximate surface area is 193 Å². The number of nitrogens with one attached hydrogen (secondary N) is 2. The van der Waals surface area contributed by atoms with Crippen molar-refractivity contribution in [1.29, 1.82) is 0 Å². The molecule has 2 N–H and O–H groups in total. The second kappa shape index (κ2) is 8.76. The Bertz CT molecular complexity index is 1480. The maximum atomic E-state index is 13.2. The molecule has 0 fully saturated rings. The molecule has 0 saturated carbocycles. The van der Waals surface area contributed by atoms with Crippen LogP contribution in [0.15, 0.2) is 77.9 Å². The molecule has 0 aliphatic heterocycles. The lowest BCUT2D eigenvalue weighted by atomic mass is 10.1. The molecule has 9 heteroatoms. The second-order valence-corrected chi connectivity index (χ2v) is 7.84. The molecule has 3 aromatic heterocycles. The van der Waals surface area contributed by atoms with Crippen molar-refractivity contribution in [1.82, 2.24) is 24.6 Å². The molecule has 0 atom stereocenters. The van der Waals surface area contributed by atoms with E-state index in [1.165, 1.54) is 4.52 Å². The molecule has 0 aliphatic carbocycles. The van der Waals surface area contributed by atoms with E-state index in [4.69, 9.17) is 16.3 Å². The van der Waals surface area contributed by atoms with Crippen LogP contribution in [0.25, 0.3) is 5.78 Å². The van der Waals surface area contributed by atoms with Crippen molar-refractivity contribution in [2.75, 3.05) is 5.32 Å². The standard InChI is InChI=1S/C24H19ClN6O2/c1-15-19(12-16-6-3-2-4-7-16)22(32)31-24(27-15)29-23(30-31)28-20-13-17(25)9-10-21(20)33-18-8-5-11-26-14-18/h2-11,13-14H,12H2,1H3,(H2,27,28,29,30). The van der Waals surface area contributed by atoms with E-state index in [1.807, 2.05) is 37.3 Å². The highest BCUT2D eigenvalue weighted by Crippen LogP contribution is 2.33. The van der Waals surface area contributed by atoms with E-state index in [-0.39, 0.29) is 11.3 Å². The van der Waals surface area contributed by atoms with Gasteiger partial charge in [0.1, 0.15) is 5.75 Å². The number of ether oxygens (including phenoxy) is 1. The Morgan fingerprint density at radius 2 is 1.94 bits per heavy atom. The first kappa shape index (κ1) is 20.7. The van der Waals surface area contributed by atoms with E-state index < -0.39 is 0 Å². The largest absolute Gasteiger partial charge is 0.454 e. The summed E-state index contributed by atoms with van der Waals surface area (Å²) in [5, 5.41) is 6.64. The van der Waals surface area contributed by atoms with Gasteiger partial charge in [0.05, 0.1) is 17.6 Å². The van der Waals surface area contributed by atoms with Crippen molar-refractivity contribution in [3.05, 3.63) is 105 Å². The molecule has 3 heterocycles. The van der Waals surface area contributed by atoms with E-state index >= 15 is 0 Å². The molecule has 0 bridgehead atoms. The summed E-state index contributed by atoms with van der Waals surface area (Å²) >= 11 is 6.20. The predicted octanol–water partition coefficient (Wildman–Crippen LogP) is 4.90. The Kier molecular flexibility index (Phi) is 5.50. The average molecular weight is 459 g/mol. The number of fused-ring (bicyclic) bond motifs is 1. The number of aromatic nitrogens is 5. The number of hydrogen-bond acceptors (Lipinski definition) is 6. The van der Waals surface area contributed by atoms with Crippen LogP contribution in [-0.4, -0.2) is 24.6 Å². The summed E-state index contributed by atoms with van der Waals surface area (Å²) in [4.78, 5) is 26.2. The summed E-state index contributed by atoms with van der Waals surface area (Å²) in [5.74, 6) is 1.70. The minimum Gasteiger partial charge on any atom is -0.454 e. The van der Waals surface area contributed by atoms with Crippen LogP contribution in [0.3, 0.4) is 0 Å². The Morgan fingerprint density at radius 3 is 2.73 bits per heavy atom. The monoisotopic (exact) mass is 458 g/mol. The van der Waals surface area contributed by atoms with Gasteiger partial charge in [0, 0.05) is 23.2 Å². The van der Waals surface area contributed by atoms with Gasteiger partial charge in [-0.25, -0.2) is 4.98 Å². The molecule has 0 saturated heterocycles. The number of aromatic amines is 1. The topological polar surface area (TPSA) is 97.2 Å². The van der Waals surface area contributed by atoms with E-state index in [0.29, 0.717) is 45.8 Å². The summed E-state index contributed by atoms with van der Waals surface area (Å²) in [6, 6.07) is 18.6. The summed E-state index contributed by atoms with van der Waals surface area (Å²) in [5.41, 5.74) is 2.66. The minimum absolute atomic E-state index is 0.195. The lowest BCUT2D eigenvalue weighted by Crippen LogP contribution is -2.22. The number of nitrogens with zero attached hydrogens (tertiary/aromatic N) is 4. The quantitative estimate of drug-likeness (QED) is 0.375. The van der Waals surface area contributed by atoms with Crippen molar-refractivity contribution in [2.24, 2.45) is 0 Å². The lowest BCUT2D eigenvalue weighted by molar-refractivity contribution is 0.482. The highest BCUT2D eigenvalue weighted by Gasteiger charge is 2.15. The summed E-state index contributed by atoms with van der Waals surface area (Å²) in [6.45, 7) is 1.82. The fourth-order valence-corrected chi connectivity index (χ4v) is 3.64. The molecule has 0 unspecified atom stereocenters. The number of hydrogen-bond donors (Lipinski definition) is 2. The zero-order valence-electron chi connectivity index (χ0n) is 17.6. The fourth-order valence-electron chi connectivity index (χ4n) is 3.46. The number of H-pyrrole nitrogens is 1. The molecule has 0 aliphatic rings. The number of aryl methyl sites for hydroxylation is 1. The summed E-state index contributed by atoms with van der Waals surface area (Å²) < 4.78 is 7.26. The number of anilines is 2. The molecule has 8 nitrogen and oxygen atoms in total. The van der Waals surface area contributed by atoms with Gasteiger partial charge in [0.2, 0.25) is 5.95 Å².